The van der Waals surface area contributed by atoms with Crippen molar-refractivity contribution in [3.63, 3.8) is 0 Å². The van der Waals surface area contributed by atoms with Crippen LogP contribution in [0, 0.1) is 0 Å². The number of rotatable bonds is 68. The molecule has 0 aliphatic carbocycles. The molecule has 0 aromatic carbocycles. The summed E-state index contributed by atoms with van der Waals surface area (Å²) in [5, 5.41) is 14.0. The van der Waals surface area contributed by atoms with Crippen LogP contribution in [0.4, 0.5) is 0 Å². The number of phosphoric acid groups is 1. The van der Waals surface area contributed by atoms with E-state index in [9.17, 15) is 19.4 Å². The minimum absolute atomic E-state index is 0.0646. The fourth-order valence-corrected chi connectivity index (χ4v) is 12.0. The van der Waals surface area contributed by atoms with E-state index in [-0.39, 0.29) is 19.1 Å². The summed E-state index contributed by atoms with van der Waals surface area (Å²) < 4.78 is 23.8. The number of hydrogen-bond acceptors (Lipinski definition) is 5. The summed E-state index contributed by atoms with van der Waals surface area (Å²) in [6.45, 7) is 4.88. The maximum atomic E-state index is 13.1. The van der Waals surface area contributed by atoms with E-state index in [0.717, 1.165) is 32.1 Å². The number of carbonyl (C=O) groups is 1. The van der Waals surface area contributed by atoms with Gasteiger partial charge in [0.15, 0.2) is 0 Å². The Balaban J connectivity index is 4.00. The molecular formula is C72H144N2O6P+. The summed E-state index contributed by atoms with van der Waals surface area (Å²) >= 11 is 0. The number of aliphatic hydroxyl groups is 1. The van der Waals surface area contributed by atoms with Crippen molar-refractivity contribution in [3.8, 4) is 0 Å². The highest BCUT2D eigenvalue weighted by Gasteiger charge is 2.28. The lowest BCUT2D eigenvalue weighted by Crippen LogP contribution is -2.45. The van der Waals surface area contributed by atoms with E-state index in [4.69, 9.17) is 9.05 Å². The Bertz CT molecular complexity index is 1370. The number of likely N-dealkylation sites (N-methyl/N-ethyl adjacent to an activating group) is 1. The van der Waals surface area contributed by atoms with Crippen LogP contribution in [-0.4, -0.2) is 73.4 Å². The van der Waals surface area contributed by atoms with Crippen LogP contribution in [0.5, 0.6) is 0 Å². The van der Waals surface area contributed by atoms with Gasteiger partial charge < -0.3 is 19.8 Å². The third-order valence-electron chi connectivity index (χ3n) is 16.9. The van der Waals surface area contributed by atoms with Gasteiger partial charge in [-0.25, -0.2) is 4.57 Å². The van der Waals surface area contributed by atoms with E-state index in [1.54, 1.807) is 6.08 Å². The summed E-state index contributed by atoms with van der Waals surface area (Å²) in [6.07, 6.45) is 83.4. The van der Waals surface area contributed by atoms with Crippen molar-refractivity contribution < 1.29 is 32.9 Å². The lowest BCUT2D eigenvalue weighted by atomic mass is 10.0. The zero-order valence-corrected chi connectivity index (χ0v) is 56.2. The number of carbonyl (C=O) groups excluding carboxylic acids is 1. The van der Waals surface area contributed by atoms with Crippen LogP contribution < -0.4 is 5.32 Å². The van der Waals surface area contributed by atoms with Crippen molar-refractivity contribution in [1.29, 1.82) is 0 Å². The number of amides is 1. The maximum Gasteiger partial charge on any atom is 0.472 e. The molecule has 3 unspecified atom stereocenters. The fourth-order valence-electron chi connectivity index (χ4n) is 11.3. The number of aliphatic hydroxyl groups excluding tert-OH is 1. The Labute approximate surface area is 506 Å². The minimum Gasteiger partial charge on any atom is -0.387 e. The van der Waals surface area contributed by atoms with Gasteiger partial charge in [-0.15, -0.1) is 0 Å². The number of unbranched alkanes of at least 4 members (excludes halogenated alkanes) is 53. The van der Waals surface area contributed by atoms with E-state index in [0.29, 0.717) is 17.4 Å². The average Bonchev–Trinajstić information content (AvgIpc) is 3.43. The summed E-state index contributed by atoms with van der Waals surface area (Å²) in [6, 6.07) is -0.845. The SMILES string of the molecule is CCCCCCCCCC/C=C\CCCCCCCCCCCCCCCCCCCCCCCC(=O)NC(COP(=O)(O)OCC[N+](C)(C)C)C(O)/C=C/CCCCCCCCCCCCCCCCCCCCCCCCCC. The molecule has 0 heterocycles. The van der Waals surface area contributed by atoms with Gasteiger partial charge in [0.1, 0.15) is 13.2 Å². The Hall–Kier alpha value is -1.02. The van der Waals surface area contributed by atoms with Gasteiger partial charge in [-0.3, -0.25) is 13.8 Å². The Kier molecular flexibility index (Phi) is 62.7. The largest absolute Gasteiger partial charge is 0.472 e. The molecule has 0 aliphatic rings. The topological polar surface area (TPSA) is 105 Å². The van der Waals surface area contributed by atoms with Crippen molar-refractivity contribution in [3.05, 3.63) is 24.3 Å². The first-order valence-corrected chi connectivity index (χ1v) is 37.7. The average molecular weight is 1160 g/mol. The minimum atomic E-state index is -4.35. The molecule has 0 aliphatic heterocycles. The zero-order chi connectivity index (χ0) is 59.1. The van der Waals surface area contributed by atoms with Crippen LogP contribution in [-0.2, 0) is 18.4 Å². The molecule has 3 N–H and O–H groups in total. The summed E-state index contributed by atoms with van der Waals surface area (Å²) in [5.41, 5.74) is 0. The smallest absolute Gasteiger partial charge is 0.387 e. The quantitative estimate of drug-likeness (QED) is 0.0243. The molecule has 0 aromatic heterocycles. The first-order valence-electron chi connectivity index (χ1n) is 36.2. The molecule has 1 amide bonds. The first-order chi connectivity index (χ1) is 39.5. The number of quaternary nitrogens is 1. The fraction of sp³-hybridized carbons (Fsp3) is 0.931. The second-order valence-corrected chi connectivity index (χ2v) is 27.8. The normalized spacial score (nSPS) is 13.7. The number of phosphoric ester groups is 1. The molecule has 3 atom stereocenters. The molecule has 0 rings (SSSR count). The molecule has 0 fully saturated rings. The number of nitrogens with one attached hydrogen (secondary N) is 1. The van der Waals surface area contributed by atoms with Crippen molar-refractivity contribution in [1.82, 2.24) is 5.32 Å². The van der Waals surface area contributed by atoms with Crippen molar-refractivity contribution in [2.45, 2.75) is 392 Å². The lowest BCUT2D eigenvalue weighted by Gasteiger charge is -2.25. The molecule has 81 heavy (non-hydrogen) atoms. The first kappa shape index (κ1) is 80.0. The zero-order valence-electron chi connectivity index (χ0n) is 55.3. The molecular weight excluding hydrogens is 1020 g/mol. The van der Waals surface area contributed by atoms with E-state index < -0.39 is 20.0 Å². The second-order valence-electron chi connectivity index (χ2n) is 26.3. The highest BCUT2D eigenvalue weighted by molar-refractivity contribution is 7.47. The number of allylic oxidation sites excluding steroid dienone is 3. The van der Waals surface area contributed by atoms with E-state index in [1.807, 2.05) is 27.2 Å². The van der Waals surface area contributed by atoms with Crippen LogP contribution in [0.25, 0.3) is 0 Å². The van der Waals surface area contributed by atoms with Gasteiger partial charge in [-0.1, -0.05) is 353 Å². The summed E-state index contributed by atoms with van der Waals surface area (Å²) in [5.74, 6) is -0.168. The molecule has 0 radical (unpaired) electrons. The molecule has 0 saturated carbocycles. The number of hydrogen-bond donors (Lipinski definition) is 3. The Morgan fingerprint density at radius 1 is 0.407 bits per heavy atom. The number of nitrogens with zero attached hydrogens (tertiary/aromatic N) is 1. The Morgan fingerprint density at radius 2 is 0.667 bits per heavy atom. The predicted molar refractivity (Wildman–Crippen MR) is 355 cm³/mol. The molecule has 9 heteroatoms. The standard InChI is InChI=1S/C72H143N2O6P/c1-6-8-10-12-14-16-18-20-22-24-26-28-30-32-34-35-36-37-38-39-40-42-44-46-48-50-52-54-56-58-60-62-64-66-72(76)73-70(69-80-81(77,78)79-68-67-74(3,4)5)71(75)65-63-61-59-57-55-53-51-49-47-45-43-41-33-31-29-27-25-23-21-19-17-15-13-11-9-7-2/h24,26,63,65,70-71,75H,6-23,25,27-62,64,66-69H2,1-5H3,(H-,73,76,77,78)/p+1/b26-24-,65-63+. The molecule has 0 bridgehead atoms. The predicted octanol–water partition coefficient (Wildman–Crippen LogP) is 23.1. The third-order valence-corrected chi connectivity index (χ3v) is 17.9. The molecule has 482 valence electrons. The molecule has 0 saturated heterocycles. The van der Waals surface area contributed by atoms with Gasteiger partial charge in [-0.05, 0) is 44.9 Å². The lowest BCUT2D eigenvalue weighted by molar-refractivity contribution is -0.870. The van der Waals surface area contributed by atoms with Gasteiger partial charge in [-0.2, -0.15) is 0 Å². The van der Waals surface area contributed by atoms with Gasteiger partial charge in [0.25, 0.3) is 0 Å². The van der Waals surface area contributed by atoms with Gasteiger partial charge in [0, 0.05) is 6.42 Å². The van der Waals surface area contributed by atoms with E-state index in [1.165, 1.54) is 327 Å². The van der Waals surface area contributed by atoms with Crippen molar-refractivity contribution in [2.24, 2.45) is 0 Å². The third kappa shape index (κ3) is 66.4. The van der Waals surface area contributed by atoms with Crippen LogP contribution in [0.15, 0.2) is 24.3 Å². The molecule has 8 nitrogen and oxygen atoms in total. The monoisotopic (exact) mass is 1160 g/mol. The van der Waals surface area contributed by atoms with Gasteiger partial charge >= 0.3 is 7.82 Å². The summed E-state index contributed by atoms with van der Waals surface area (Å²) in [4.78, 5) is 23.4. The van der Waals surface area contributed by atoms with Gasteiger partial charge in [0.2, 0.25) is 5.91 Å². The van der Waals surface area contributed by atoms with E-state index >= 15 is 0 Å². The van der Waals surface area contributed by atoms with Gasteiger partial charge in [0.05, 0.1) is 39.9 Å². The highest BCUT2D eigenvalue weighted by atomic mass is 31.2. The van der Waals surface area contributed by atoms with Crippen molar-refractivity contribution in [2.75, 3.05) is 40.9 Å². The molecule has 0 spiro atoms. The van der Waals surface area contributed by atoms with Crippen LogP contribution in [0.1, 0.15) is 380 Å². The second kappa shape index (κ2) is 63.5. The summed E-state index contributed by atoms with van der Waals surface area (Å²) in [7, 11) is 1.59. The van der Waals surface area contributed by atoms with Crippen molar-refractivity contribution >= 4 is 13.7 Å². The van der Waals surface area contributed by atoms with Crippen LogP contribution >= 0.6 is 7.82 Å². The van der Waals surface area contributed by atoms with E-state index in [2.05, 4.69) is 31.3 Å². The van der Waals surface area contributed by atoms with Crippen LogP contribution in [0.2, 0.25) is 0 Å². The Morgan fingerprint density at radius 3 is 0.951 bits per heavy atom. The highest BCUT2D eigenvalue weighted by Crippen LogP contribution is 2.43. The van der Waals surface area contributed by atoms with Crippen LogP contribution in [0.3, 0.4) is 0 Å². The maximum absolute atomic E-state index is 13.1. The molecule has 0 aromatic rings.